The number of aromatic nitrogens is 3. The summed E-state index contributed by atoms with van der Waals surface area (Å²) >= 11 is 0. The Labute approximate surface area is 137 Å². The van der Waals surface area contributed by atoms with Crippen LogP contribution in [0, 0.1) is 5.82 Å². The van der Waals surface area contributed by atoms with E-state index < -0.39 is 0 Å². The Hall–Kier alpha value is -3.15. The number of H-pyrrole nitrogens is 1. The van der Waals surface area contributed by atoms with E-state index in [4.69, 9.17) is 0 Å². The Morgan fingerprint density at radius 3 is 3.00 bits per heavy atom. The van der Waals surface area contributed by atoms with Crippen molar-refractivity contribution < 1.29 is 9.18 Å². The maximum absolute atomic E-state index is 13.3. The number of aryl methyl sites for hydroxylation is 1. The summed E-state index contributed by atoms with van der Waals surface area (Å²) in [4.78, 5) is 19.7. The maximum Gasteiger partial charge on any atom is 0.268 e. The molecule has 24 heavy (non-hydrogen) atoms. The van der Waals surface area contributed by atoms with Crippen molar-refractivity contribution in [2.24, 2.45) is 7.05 Å². The molecule has 0 spiro atoms. The highest BCUT2D eigenvalue weighted by Gasteiger charge is 2.13. The zero-order valence-corrected chi connectivity index (χ0v) is 13.0. The summed E-state index contributed by atoms with van der Waals surface area (Å²) in [5.41, 5.74) is 4.12. The van der Waals surface area contributed by atoms with Crippen LogP contribution >= 0.6 is 0 Å². The largest absolute Gasteiger partial charge is 0.347 e. The van der Waals surface area contributed by atoms with Gasteiger partial charge in [-0.2, -0.15) is 0 Å². The van der Waals surface area contributed by atoms with Crippen molar-refractivity contribution in [3.8, 4) is 0 Å². The molecule has 2 aromatic carbocycles. The molecule has 0 atom stereocenters. The van der Waals surface area contributed by atoms with Crippen LogP contribution in [0.15, 0.2) is 48.8 Å². The second-order valence-corrected chi connectivity index (χ2v) is 5.73. The lowest BCUT2D eigenvalue weighted by molar-refractivity contribution is 0.0943. The van der Waals surface area contributed by atoms with Crippen LogP contribution in [-0.2, 0) is 13.6 Å². The maximum atomic E-state index is 13.3. The van der Waals surface area contributed by atoms with Gasteiger partial charge in [-0.05, 0) is 42.0 Å². The third-order valence-corrected chi connectivity index (χ3v) is 4.17. The van der Waals surface area contributed by atoms with Crippen LogP contribution < -0.4 is 5.32 Å². The second-order valence-electron chi connectivity index (χ2n) is 5.73. The second kappa shape index (κ2) is 5.49. The Balaban J connectivity index is 1.56. The lowest BCUT2D eigenvalue weighted by atomic mass is 10.2. The van der Waals surface area contributed by atoms with Crippen molar-refractivity contribution >= 4 is 27.8 Å². The molecule has 2 N–H and O–H groups in total. The molecule has 5 nitrogen and oxygen atoms in total. The number of amides is 1. The van der Waals surface area contributed by atoms with Gasteiger partial charge in [-0.15, -0.1) is 0 Å². The van der Waals surface area contributed by atoms with Gasteiger partial charge in [0.25, 0.3) is 5.91 Å². The zero-order chi connectivity index (χ0) is 16.7. The number of carbonyl (C=O) groups excluding carboxylic acids is 1. The van der Waals surface area contributed by atoms with Gasteiger partial charge in [0.05, 0.1) is 17.4 Å². The third kappa shape index (κ3) is 2.42. The summed E-state index contributed by atoms with van der Waals surface area (Å²) < 4.78 is 15.1. The van der Waals surface area contributed by atoms with Gasteiger partial charge in [-0.3, -0.25) is 4.79 Å². The van der Waals surface area contributed by atoms with E-state index in [1.54, 1.807) is 30.1 Å². The van der Waals surface area contributed by atoms with Crippen molar-refractivity contribution in [3.63, 3.8) is 0 Å². The lowest BCUT2D eigenvalue weighted by Gasteiger charge is -2.07. The summed E-state index contributed by atoms with van der Waals surface area (Å²) in [5.74, 6) is -0.508. The fourth-order valence-corrected chi connectivity index (χ4v) is 2.90. The number of imidazole rings is 1. The molecular weight excluding hydrogens is 307 g/mol. The molecular formula is C18H15FN4O. The minimum Gasteiger partial charge on any atom is -0.347 e. The summed E-state index contributed by atoms with van der Waals surface area (Å²) in [6, 6.07) is 12.0. The van der Waals surface area contributed by atoms with E-state index in [-0.39, 0.29) is 11.7 Å². The van der Waals surface area contributed by atoms with E-state index in [1.807, 2.05) is 18.2 Å². The highest BCUT2D eigenvalue weighted by molar-refractivity contribution is 5.98. The first kappa shape index (κ1) is 14.4. The van der Waals surface area contributed by atoms with Gasteiger partial charge in [0.15, 0.2) is 0 Å². The average Bonchev–Trinajstić information content (AvgIpc) is 3.16. The van der Waals surface area contributed by atoms with Gasteiger partial charge < -0.3 is 14.9 Å². The molecule has 0 unspecified atom stereocenters. The Kier molecular flexibility index (Phi) is 3.30. The smallest absolute Gasteiger partial charge is 0.268 e. The molecule has 6 heteroatoms. The molecule has 0 aliphatic rings. The van der Waals surface area contributed by atoms with E-state index in [9.17, 15) is 9.18 Å². The molecule has 0 saturated carbocycles. The number of hydrogen-bond acceptors (Lipinski definition) is 2. The lowest BCUT2D eigenvalue weighted by Crippen LogP contribution is -2.24. The number of rotatable bonds is 3. The van der Waals surface area contributed by atoms with Crippen LogP contribution in [0.3, 0.4) is 0 Å². The number of halogens is 1. The number of carbonyl (C=O) groups is 1. The highest BCUT2D eigenvalue weighted by atomic mass is 19.1. The van der Waals surface area contributed by atoms with Crippen LogP contribution in [0.2, 0.25) is 0 Å². The zero-order valence-electron chi connectivity index (χ0n) is 13.0. The molecule has 4 rings (SSSR count). The van der Waals surface area contributed by atoms with Crippen molar-refractivity contribution in [2.45, 2.75) is 6.54 Å². The first-order chi connectivity index (χ1) is 11.6. The number of fused-ring (bicyclic) bond motifs is 2. The SMILES string of the molecule is Cn1c(C(=O)NCc2ccc3nc[nH]c3c2)cc2cc(F)ccc21. The quantitative estimate of drug-likeness (QED) is 0.609. The number of hydrogen-bond donors (Lipinski definition) is 2. The predicted molar refractivity (Wildman–Crippen MR) is 90.1 cm³/mol. The van der Waals surface area contributed by atoms with Crippen LogP contribution in [0.5, 0.6) is 0 Å². The first-order valence-corrected chi connectivity index (χ1v) is 7.57. The molecule has 0 aliphatic carbocycles. The van der Waals surface area contributed by atoms with E-state index in [2.05, 4.69) is 15.3 Å². The van der Waals surface area contributed by atoms with Crippen LogP contribution in [0.1, 0.15) is 16.1 Å². The minimum atomic E-state index is -0.312. The van der Waals surface area contributed by atoms with E-state index in [0.29, 0.717) is 17.6 Å². The van der Waals surface area contributed by atoms with Crippen LogP contribution in [0.4, 0.5) is 4.39 Å². The van der Waals surface area contributed by atoms with Crippen molar-refractivity contribution in [1.29, 1.82) is 0 Å². The van der Waals surface area contributed by atoms with E-state index in [0.717, 1.165) is 22.1 Å². The van der Waals surface area contributed by atoms with Crippen molar-refractivity contribution in [2.75, 3.05) is 0 Å². The molecule has 120 valence electrons. The summed E-state index contributed by atoms with van der Waals surface area (Å²) in [6.45, 7) is 0.406. The molecule has 2 heterocycles. The van der Waals surface area contributed by atoms with Crippen LogP contribution in [0.25, 0.3) is 21.9 Å². The Bertz CT molecular complexity index is 1060. The van der Waals surface area contributed by atoms with Gasteiger partial charge in [0.2, 0.25) is 0 Å². The van der Waals surface area contributed by atoms with Gasteiger partial charge in [-0.25, -0.2) is 9.37 Å². The molecule has 0 bridgehead atoms. The number of nitrogens with one attached hydrogen (secondary N) is 2. The highest BCUT2D eigenvalue weighted by Crippen LogP contribution is 2.20. The van der Waals surface area contributed by atoms with Crippen molar-refractivity contribution in [1.82, 2.24) is 19.9 Å². The molecule has 4 aromatic rings. The average molecular weight is 322 g/mol. The van der Waals surface area contributed by atoms with Gasteiger partial charge in [-0.1, -0.05) is 6.07 Å². The Morgan fingerprint density at radius 2 is 2.12 bits per heavy atom. The normalized spacial score (nSPS) is 11.2. The predicted octanol–water partition coefficient (Wildman–Crippen LogP) is 3.12. The topological polar surface area (TPSA) is 62.7 Å². The molecule has 0 saturated heterocycles. The number of nitrogens with zero attached hydrogens (tertiary/aromatic N) is 2. The Morgan fingerprint density at radius 1 is 1.25 bits per heavy atom. The molecule has 1 amide bonds. The standard InChI is InChI=1S/C18H15FN4O/c1-23-16-5-3-13(19)7-12(16)8-17(23)18(24)20-9-11-2-4-14-15(6-11)22-10-21-14/h2-8,10H,9H2,1H3,(H,20,24)(H,21,22). The molecule has 0 fully saturated rings. The summed E-state index contributed by atoms with van der Waals surface area (Å²) in [7, 11) is 1.80. The molecule has 0 radical (unpaired) electrons. The summed E-state index contributed by atoms with van der Waals surface area (Å²) in [6.07, 6.45) is 1.64. The van der Waals surface area contributed by atoms with Gasteiger partial charge in [0.1, 0.15) is 11.5 Å². The van der Waals surface area contributed by atoms with Crippen LogP contribution in [-0.4, -0.2) is 20.4 Å². The van der Waals surface area contributed by atoms with Crippen molar-refractivity contribution in [3.05, 3.63) is 65.9 Å². The van der Waals surface area contributed by atoms with Gasteiger partial charge >= 0.3 is 0 Å². The summed E-state index contributed by atoms with van der Waals surface area (Å²) in [5, 5.41) is 3.61. The third-order valence-electron chi connectivity index (χ3n) is 4.17. The minimum absolute atomic E-state index is 0.196. The first-order valence-electron chi connectivity index (χ1n) is 7.57. The number of benzene rings is 2. The molecule has 0 aliphatic heterocycles. The fraction of sp³-hybridized carbons (Fsp3) is 0.111. The number of aromatic amines is 1. The molecule has 2 aromatic heterocycles. The van der Waals surface area contributed by atoms with Gasteiger partial charge in [0, 0.05) is 24.5 Å². The van der Waals surface area contributed by atoms with E-state index in [1.165, 1.54) is 12.1 Å². The van der Waals surface area contributed by atoms with E-state index >= 15 is 0 Å². The fourth-order valence-electron chi connectivity index (χ4n) is 2.90. The monoisotopic (exact) mass is 322 g/mol.